The van der Waals surface area contributed by atoms with Gasteiger partial charge in [-0.15, -0.1) is 0 Å². The molecule has 0 aliphatic heterocycles. The van der Waals surface area contributed by atoms with Crippen molar-refractivity contribution < 1.29 is 14.7 Å². The summed E-state index contributed by atoms with van der Waals surface area (Å²) in [5, 5.41) is 9.20. The predicted molar refractivity (Wildman–Crippen MR) is 83.8 cm³/mol. The fourth-order valence-electron chi connectivity index (χ4n) is 2.38. The number of amides is 1. The number of carboxylic acids is 1. The highest BCUT2D eigenvalue weighted by molar-refractivity contribution is 7.08. The Morgan fingerprint density at radius 3 is 2.59 bits per heavy atom. The Balaban J connectivity index is 1.85. The normalized spacial score (nSPS) is 15.3. The van der Waals surface area contributed by atoms with Gasteiger partial charge in [-0.2, -0.15) is 4.37 Å². The van der Waals surface area contributed by atoms with Crippen LogP contribution in [0.25, 0.3) is 11.3 Å². The monoisotopic (exact) mass is 316 g/mol. The molecule has 114 valence electrons. The smallest absolute Gasteiger partial charge is 0.326 e. The molecule has 3 rings (SSSR count). The lowest BCUT2D eigenvalue weighted by atomic mass is 10.1. The van der Waals surface area contributed by atoms with Crippen molar-refractivity contribution in [2.24, 2.45) is 0 Å². The molecule has 0 radical (unpaired) electrons. The lowest BCUT2D eigenvalue weighted by Gasteiger charge is -2.25. The summed E-state index contributed by atoms with van der Waals surface area (Å²) in [6, 6.07) is 10.6. The average Bonchev–Trinajstić information content (AvgIpc) is 3.23. The predicted octanol–water partition coefficient (Wildman–Crippen LogP) is 2.89. The fourth-order valence-corrected chi connectivity index (χ4v) is 3.08. The SMILES string of the molecule is CC(C(=O)O)N(C(=O)c1cc(-c2ccccc2)ns1)C1CC1. The number of rotatable bonds is 5. The van der Waals surface area contributed by atoms with Gasteiger partial charge in [0.25, 0.3) is 5.91 Å². The van der Waals surface area contributed by atoms with E-state index in [4.69, 9.17) is 0 Å². The summed E-state index contributed by atoms with van der Waals surface area (Å²) in [4.78, 5) is 25.8. The Hall–Kier alpha value is -2.21. The Labute approximate surface area is 132 Å². The van der Waals surface area contributed by atoms with Crippen LogP contribution in [0.15, 0.2) is 36.4 Å². The molecular weight excluding hydrogens is 300 g/mol. The summed E-state index contributed by atoms with van der Waals surface area (Å²) >= 11 is 1.12. The maximum absolute atomic E-state index is 12.6. The molecule has 0 saturated heterocycles. The fraction of sp³-hybridized carbons (Fsp3) is 0.312. The van der Waals surface area contributed by atoms with Crippen molar-refractivity contribution in [3.63, 3.8) is 0 Å². The van der Waals surface area contributed by atoms with E-state index in [1.54, 1.807) is 13.0 Å². The molecule has 1 saturated carbocycles. The van der Waals surface area contributed by atoms with Gasteiger partial charge in [-0.05, 0) is 37.4 Å². The summed E-state index contributed by atoms with van der Waals surface area (Å²) in [5.41, 5.74) is 1.69. The van der Waals surface area contributed by atoms with Crippen molar-refractivity contribution in [3.8, 4) is 11.3 Å². The Kier molecular flexibility index (Phi) is 3.94. The van der Waals surface area contributed by atoms with Crippen molar-refractivity contribution in [3.05, 3.63) is 41.3 Å². The van der Waals surface area contributed by atoms with Crippen LogP contribution in [0, 0.1) is 0 Å². The Morgan fingerprint density at radius 2 is 2.00 bits per heavy atom. The van der Waals surface area contributed by atoms with Crippen molar-refractivity contribution in [2.75, 3.05) is 0 Å². The van der Waals surface area contributed by atoms with Crippen LogP contribution in [0.4, 0.5) is 0 Å². The molecule has 1 aliphatic carbocycles. The topological polar surface area (TPSA) is 70.5 Å². The third-order valence-electron chi connectivity index (χ3n) is 3.74. The van der Waals surface area contributed by atoms with Gasteiger partial charge < -0.3 is 10.0 Å². The van der Waals surface area contributed by atoms with Crippen LogP contribution in [0.2, 0.25) is 0 Å². The van der Waals surface area contributed by atoms with Gasteiger partial charge >= 0.3 is 5.97 Å². The second-order valence-electron chi connectivity index (χ2n) is 5.40. The average molecular weight is 316 g/mol. The number of aromatic nitrogens is 1. The minimum absolute atomic E-state index is 0.0425. The summed E-state index contributed by atoms with van der Waals surface area (Å²) in [7, 11) is 0. The maximum Gasteiger partial charge on any atom is 0.326 e. The van der Waals surface area contributed by atoms with Gasteiger partial charge in [-0.3, -0.25) is 4.79 Å². The number of benzene rings is 1. The number of carboxylic acid groups (broad SMARTS) is 1. The minimum atomic E-state index is -0.979. The van der Waals surface area contributed by atoms with Gasteiger partial charge in [-0.25, -0.2) is 4.79 Å². The van der Waals surface area contributed by atoms with Crippen molar-refractivity contribution >= 4 is 23.4 Å². The quantitative estimate of drug-likeness (QED) is 0.921. The molecule has 0 spiro atoms. The number of carbonyl (C=O) groups is 2. The first-order chi connectivity index (χ1) is 10.6. The standard InChI is InChI=1S/C16H16N2O3S/c1-10(16(20)21)18(12-7-8-12)15(19)14-9-13(17-22-14)11-5-3-2-4-6-11/h2-6,9-10,12H,7-8H2,1H3,(H,20,21). The summed E-state index contributed by atoms with van der Waals surface area (Å²) in [5.74, 6) is -1.22. The van der Waals surface area contributed by atoms with Gasteiger partial charge in [0.2, 0.25) is 0 Å². The maximum atomic E-state index is 12.6. The molecule has 2 aromatic rings. The van der Waals surface area contributed by atoms with Crippen LogP contribution >= 0.6 is 11.5 Å². The van der Waals surface area contributed by atoms with Crippen molar-refractivity contribution in [2.45, 2.75) is 31.8 Å². The summed E-state index contributed by atoms with van der Waals surface area (Å²) < 4.78 is 4.32. The van der Waals surface area contributed by atoms with E-state index in [9.17, 15) is 14.7 Å². The molecule has 1 aromatic heterocycles. The third kappa shape index (κ3) is 2.87. The zero-order valence-corrected chi connectivity index (χ0v) is 12.9. The van der Waals surface area contributed by atoms with E-state index in [0.717, 1.165) is 35.6 Å². The molecule has 1 heterocycles. The van der Waals surface area contributed by atoms with Gasteiger partial charge in [0.1, 0.15) is 10.9 Å². The number of hydrogen-bond donors (Lipinski definition) is 1. The molecule has 22 heavy (non-hydrogen) atoms. The molecule has 1 fully saturated rings. The van der Waals surface area contributed by atoms with Gasteiger partial charge in [0.15, 0.2) is 0 Å². The number of nitrogens with zero attached hydrogens (tertiary/aromatic N) is 2. The van der Waals surface area contributed by atoms with Crippen LogP contribution in [0.5, 0.6) is 0 Å². The molecule has 5 nitrogen and oxygen atoms in total. The van der Waals surface area contributed by atoms with E-state index in [1.807, 2.05) is 30.3 Å². The molecule has 1 N–H and O–H groups in total. The minimum Gasteiger partial charge on any atom is -0.480 e. The second kappa shape index (κ2) is 5.88. The molecular formula is C16H16N2O3S. The van der Waals surface area contributed by atoms with Crippen molar-refractivity contribution in [1.82, 2.24) is 9.27 Å². The highest BCUT2D eigenvalue weighted by atomic mass is 32.1. The first-order valence-corrected chi connectivity index (χ1v) is 7.93. The van der Waals surface area contributed by atoms with Crippen LogP contribution in [-0.4, -0.2) is 38.3 Å². The van der Waals surface area contributed by atoms with E-state index in [2.05, 4.69) is 4.37 Å². The molecule has 1 aliphatic rings. The highest BCUT2D eigenvalue weighted by Gasteiger charge is 2.39. The highest BCUT2D eigenvalue weighted by Crippen LogP contribution is 2.32. The zero-order chi connectivity index (χ0) is 15.7. The summed E-state index contributed by atoms with van der Waals surface area (Å²) in [6.45, 7) is 1.55. The van der Waals surface area contributed by atoms with Crippen LogP contribution in [-0.2, 0) is 4.79 Å². The number of hydrogen-bond acceptors (Lipinski definition) is 4. The lowest BCUT2D eigenvalue weighted by molar-refractivity contribution is -0.141. The van der Waals surface area contributed by atoms with E-state index in [0.29, 0.717) is 4.88 Å². The van der Waals surface area contributed by atoms with E-state index in [-0.39, 0.29) is 11.9 Å². The first-order valence-electron chi connectivity index (χ1n) is 7.15. The second-order valence-corrected chi connectivity index (χ2v) is 6.21. The molecule has 1 amide bonds. The number of aliphatic carboxylic acids is 1. The van der Waals surface area contributed by atoms with Crippen LogP contribution < -0.4 is 0 Å². The first kappa shape index (κ1) is 14.7. The molecule has 0 bridgehead atoms. The largest absolute Gasteiger partial charge is 0.480 e. The molecule has 1 unspecified atom stereocenters. The van der Waals surface area contributed by atoms with E-state index >= 15 is 0 Å². The van der Waals surface area contributed by atoms with Gasteiger partial charge in [-0.1, -0.05) is 30.3 Å². The Morgan fingerprint density at radius 1 is 1.32 bits per heavy atom. The third-order valence-corrected chi connectivity index (χ3v) is 4.52. The van der Waals surface area contributed by atoms with Crippen LogP contribution in [0.1, 0.15) is 29.4 Å². The summed E-state index contributed by atoms with van der Waals surface area (Å²) in [6.07, 6.45) is 1.74. The van der Waals surface area contributed by atoms with Crippen molar-refractivity contribution in [1.29, 1.82) is 0 Å². The van der Waals surface area contributed by atoms with Gasteiger partial charge in [0, 0.05) is 11.6 Å². The Bertz CT molecular complexity index is 694. The zero-order valence-electron chi connectivity index (χ0n) is 12.1. The molecule has 6 heteroatoms. The molecule has 1 aromatic carbocycles. The van der Waals surface area contributed by atoms with Gasteiger partial charge in [0.05, 0.1) is 5.69 Å². The number of carbonyl (C=O) groups excluding carboxylic acids is 1. The molecule has 1 atom stereocenters. The lowest BCUT2D eigenvalue weighted by Crippen LogP contribution is -2.44. The van der Waals surface area contributed by atoms with E-state index < -0.39 is 12.0 Å². The van der Waals surface area contributed by atoms with E-state index in [1.165, 1.54) is 4.90 Å². The van der Waals surface area contributed by atoms with Crippen LogP contribution in [0.3, 0.4) is 0 Å².